The molecule has 0 atom stereocenters. The molecule has 3 aromatic rings. The lowest BCUT2D eigenvalue weighted by atomic mass is 10.1. The van der Waals surface area contributed by atoms with E-state index in [-0.39, 0.29) is 21.4 Å². The summed E-state index contributed by atoms with van der Waals surface area (Å²) in [6, 6.07) is 17.8. The normalized spacial score (nSPS) is 11.1. The number of benzene rings is 3. The maximum Gasteiger partial charge on any atom is 0.255 e. The summed E-state index contributed by atoms with van der Waals surface area (Å²) in [5.41, 5.74) is 2.66. The van der Waals surface area contributed by atoms with Gasteiger partial charge in [-0.2, -0.15) is 11.8 Å². The number of nitrogens with one attached hydrogen (secondary N) is 2. The Morgan fingerprint density at radius 2 is 1.59 bits per heavy atom. The molecule has 0 radical (unpaired) electrons. The van der Waals surface area contributed by atoms with E-state index in [2.05, 4.69) is 10.6 Å². The Kier molecular flexibility index (Phi) is 7.60. The van der Waals surface area contributed by atoms with Crippen LogP contribution in [0.3, 0.4) is 0 Å². The maximum absolute atomic E-state index is 12.5. The van der Waals surface area contributed by atoms with Crippen LogP contribution in [0.5, 0.6) is 0 Å². The Labute approximate surface area is 196 Å². The minimum Gasteiger partial charge on any atom is -0.322 e. The molecule has 0 saturated heterocycles. The van der Waals surface area contributed by atoms with E-state index >= 15 is 0 Å². The van der Waals surface area contributed by atoms with Gasteiger partial charge in [-0.15, -0.1) is 0 Å². The summed E-state index contributed by atoms with van der Waals surface area (Å²) in [6.07, 6.45) is 3.09. The number of halogens is 1. The van der Waals surface area contributed by atoms with Gasteiger partial charge in [0, 0.05) is 28.8 Å². The molecule has 32 heavy (non-hydrogen) atoms. The predicted molar refractivity (Wildman–Crippen MR) is 131 cm³/mol. The minimum absolute atomic E-state index is 0.0517. The zero-order valence-electron chi connectivity index (χ0n) is 17.4. The predicted octanol–water partition coefficient (Wildman–Crippen LogP) is 5.11. The summed E-state index contributed by atoms with van der Waals surface area (Å²) in [7, 11) is -3.43. The van der Waals surface area contributed by atoms with Gasteiger partial charge >= 0.3 is 0 Å². The molecule has 0 fully saturated rings. The second-order valence-corrected chi connectivity index (χ2v) is 10.3. The Morgan fingerprint density at radius 1 is 0.906 bits per heavy atom. The number of hydrogen-bond acceptors (Lipinski definition) is 5. The SMILES string of the molecule is CSCc1ccc(C(=O)Nc2ccc(NC(=O)c3cccc(S(C)(=O)=O)c3)c(Cl)c2)cc1. The molecule has 0 aliphatic rings. The average molecular weight is 489 g/mol. The lowest BCUT2D eigenvalue weighted by Gasteiger charge is -2.11. The topological polar surface area (TPSA) is 92.3 Å². The van der Waals surface area contributed by atoms with Crippen LogP contribution >= 0.6 is 23.4 Å². The van der Waals surface area contributed by atoms with E-state index in [4.69, 9.17) is 11.6 Å². The molecule has 0 saturated carbocycles. The molecular weight excluding hydrogens is 468 g/mol. The van der Waals surface area contributed by atoms with Crippen molar-refractivity contribution in [2.45, 2.75) is 10.6 Å². The number of sulfone groups is 1. The van der Waals surface area contributed by atoms with Gasteiger partial charge in [0.2, 0.25) is 0 Å². The molecule has 0 bridgehead atoms. The monoisotopic (exact) mass is 488 g/mol. The van der Waals surface area contributed by atoms with Crippen LogP contribution < -0.4 is 10.6 Å². The Morgan fingerprint density at radius 3 is 2.22 bits per heavy atom. The largest absolute Gasteiger partial charge is 0.322 e. The summed E-state index contributed by atoms with van der Waals surface area (Å²) in [5.74, 6) is 0.106. The highest BCUT2D eigenvalue weighted by atomic mass is 35.5. The first-order chi connectivity index (χ1) is 15.2. The molecule has 0 aliphatic carbocycles. The van der Waals surface area contributed by atoms with E-state index in [0.29, 0.717) is 16.9 Å². The van der Waals surface area contributed by atoms with E-state index < -0.39 is 15.7 Å². The van der Waals surface area contributed by atoms with Crippen molar-refractivity contribution in [3.63, 3.8) is 0 Å². The molecule has 0 aromatic heterocycles. The van der Waals surface area contributed by atoms with Crippen LogP contribution in [0.2, 0.25) is 5.02 Å². The van der Waals surface area contributed by atoms with Crippen molar-refractivity contribution in [1.82, 2.24) is 0 Å². The van der Waals surface area contributed by atoms with Gasteiger partial charge in [0.25, 0.3) is 11.8 Å². The van der Waals surface area contributed by atoms with E-state index in [1.54, 1.807) is 36.0 Å². The van der Waals surface area contributed by atoms with Crippen molar-refractivity contribution in [1.29, 1.82) is 0 Å². The van der Waals surface area contributed by atoms with Gasteiger partial charge in [-0.25, -0.2) is 8.42 Å². The molecule has 3 rings (SSSR count). The van der Waals surface area contributed by atoms with Gasteiger partial charge in [-0.3, -0.25) is 9.59 Å². The van der Waals surface area contributed by atoms with Crippen molar-refractivity contribution in [2.75, 3.05) is 23.1 Å². The summed E-state index contributed by atoms with van der Waals surface area (Å²) < 4.78 is 23.4. The fourth-order valence-electron chi connectivity index (χ4n) is 2.88. The zero-order valence-corrected chi connectivity index (χ0v) is 19.8. The van der Waals surface area contributed by atoms with Crippen LogP contribution in [0.1, 0.15) is 26.3 Å². The first kappa shape index (κ1) is 23.8. The maximum atomic E-state index is 12.5. The van der Waals surface area contributed by atoms with E-state index in [1.807, 2.05) is 18.4 Å². The molecule has 166 valence electrons. The number of anilines is 2. The second kappa shape index (κ2) is 10.2. The number of carbonyl (C=O) groups excluding carboxylic acids is 2. The smallest absolute Gasteiger partial charge is 0.255 e. The quantitative estimate of drug-likeness (QED) is 0.482. The Hall–Kier alpha value is -2.81. The number of carbonyl (C=O) groups is 2. The molecular formula is C23H21ClN2O4S2. The van der Waals surface area contributed by atoms with Crippen LogP contribution in [0.15, 0.2) is 71.6 Å². The van der Waals surface area contributed by atoms with Crippen molar-refractivity contribution >= 4 is 56.4 Å². The molecule has 6 nitrogen and oxygen atoms in total. The fraction of sp³-hybridized carbons (Fsp3) is 0.130. The zero-order chi connectivity index (χ0) is 23.3. The number of amides is 2. The second-order valence-electron chi connectivity index (χ2n) is 7.03. The van der Waals surface area contributed by atoms with Gasteiger partial charge in [-0.1, -0.05) is 29.8 Å². The minimum atomic E-state index is -3.43. The molecule has 0 aliphatic heterocycles. The molecule has 9 heteroatoms. The molecule has 0 heterocycles. The molecule has 2 N–H and O–H groups in total. The third-order valence-corrected chi connectivity index (χ3v) is 6.57. The highest BCUT2D eigenvalue weighted by Crippen LogP contribution is 2.27. The van der Waals surface area contributed by atoms with Crippen molar-refractivity contribution < 1.29 is 18.0 Å². The van der Waals surface area contributed by atoms with E-state index in [0.717, 1.165) is 17.6 Å². The molecule has 0 spiro atoms. The van der Waals surface area contributed by atoms with Gasteiger partial charge in [0.1, 0.15) is 0 Å². The van der Waals surface area contributed by atoms with Crippen molar-refractivity contribution in [3.8, 4) is 0 Å². The highest BCUT2D eigenvalue weighted by molar-refractivity contribution is 7.97. The van der Waals surface area contributed by atoms with Gasteiger partial charge in [0.05, 0.1) is 15.6 Å². The number of thioether (sulfide) groups is 1. The Bertz CT molecular complexity index is 1260. The summed E-state index contributed by atoms with van der Waals surface area (Å²) in [5, 5.41) is 5.66. The summed E-state index contributed by atoms with van der Waals surface area (Å²) in [4.78, 5) is 25.1. The fourth-order valence-corrected chi connectivity index (χ4v) is 4.30. The number of hydrogen-bond donors (Lipinski definition) is 2. The van der Waals surface area contributed by atoms with E-state index in [9.17, 15) is 18.0 Å². The van der Waals surface area contributed by atoms with Gasteiger partial charge in [0.15, 0.2) is 9.84 Å². The average Bonchev–Trinajstić information content (AvgIpc) is 2.76. The summed E-state index contributed by atoms with van der Waals surface area (Å²) >= 11 is 7.99. The van der Waals surface area contributed by atoms with Gasteiger partial charge < -0.3 is 10.6 Å². The van der Waals surface area contributed by atoms with E-state index in [1.165, 1.54) is 30.3 Å². The van der Waals surface area contributed by atoms with Crippen LogP contribution in [0, 0.1) is 0 Å². The summed E-state index contributed by atoms with van der Waals surface area (Å²) in [6.45, 7) is 0. The van der Waals surface area contributed by atoms with Crippen molar-refractivity contribution in [3.05, 3.63) is 88.4 Å². The first-order valence-electron chi connectivity index (χ1n) is 9.47. The van der Waals surface area contributed by atoms with Crippen LogP contribution in [0.25, 0.3) is 0 Å². The van der Waals surface area contributed by atoms with Crippen LogP contribution in [0.4, 0.5) is 11.4 Å². The highest BCUT2D eigenvalue weighted by Gasteiger charge is 2.14. The Balaban J connectivity index is 1.70. The lowest BCUT2D eigenvalue weighted by Crippen LogP contribution is -2.14. The van der Waals surface area contributed by atoms with Crippen LogP contribution in [-0.2, 0) is 15.6 Å². The molecule has 3 aromatic carbocycles. The third-order valence-electron chi connectivity index (χ3n) is 4.53. The van der Waals surface area contributed by atoms with Gasteiger partial charge in [-0.05, 0) is 60.4 Å². The standard InChI is InChI=1S/C23H21ClN2O4S2/c1-31-14-15-6-8-16(9-7-15)22(27)25-18-10-11-21(20(24)13-18)26-23(28)17-4-3-5-19(12-17)32(2,29)30/h3-13H,14H2,1-2H3,(H,25,27)(H,26,28). The van der Waals surface area contributed by atoms with Crippen molar-refractivity contribution in [2.24, 2.45) is 0 Å². The molecule has 2 amide bonds. The first-order valence-corrected chi connectivity index (χ1v) is 13.1. The molecule has 0 unspecified atom stereocenters. The lowest BCUT2D eigenvalue weighted by molar-refractivity contribution is 0.101. The number of rotatable bonds is 7. The third kappa shape index (κ3) is 6.12. The van der Waals surface area contributed by atoms with Crippen LogP contribution in [-0.4, -0.2) is 32.7 Å².